The number of carbonyl (C=O) groups excluding carboxylic acids is 1. The van der Waals surface area contributed by atoms with Gasteiger partial charge in [-0.2, -0.15) is 5.10 Å². The molecule has 2 atom stereocenters. The van der Waals surface area contributed by atoms with E-state index in [1.807, 2.05) is 31.2 Å². The van der Waals surface area contributed by atoms with Crippen LogP contribution in [-0.2, 0) is 4.79 Å². The van der Waals surface area contributed by atoms with E-state index in [9.17, 15) is 4.79 Å². The average Bonchev–Trinajstić information content (AvgIpc) is 3.11. The lowest BCUT2D eigenvalue weighted by molar-refractivity contribution is -0.125. The number of hydrogen-bond acceptors (Lipinski definition) is 4. The smallest absolute Gasteiger partial charge is 0.231 e. The molecule has 1 saturated carbocycles. The monoisotopic (exact) mass is 285 g/mol. The molecule has 6 heteroatoms. The van der Waals surface area contributed by atoms with Gasteiger partial charge in [-0.3, -0.25) is 4.79 Å². The van der Waals surface area contributed by atoms with E-state index in [1.54, 1.807) is 11.0 Å². The summed E-state index contributed by atoms with van der Waals surface area (Å²) in [6.07, 6.45) is 5.79. The number of benzene rings is 1. The molecule has 6 nitrogen and oxygen atoms in total. The highest BCUT2D eigenvalue weighted by Gasteiger charge is 2.43. The topological polar surface area (TPSA) is 85.8 Å². The van der Waals surface area contributed by atoms with Crippen LogP contribution < -0.4 is 11.1 Å². The van der Waals surface area contributed by atoms with Crippen LogP contribution in [0, 0.1) is 5.41 Å². The minimum absolute atomic E-state index is 0.0277. The molecule has 110 valence electrons. The number of hydrogen-bond donors (Lipinski definition) is 2. The predicted molar refractivity (Wildman–Crippen MR) is 79.9 cm³/mol. The van der Waals surface area contributed by atoms with Crippen LogP contribution in [0.4, 0.5) is 5.69 Å². The molecule has 1 aromatic carbocycles. The fraction of sp³-hybridized carbons (Fsp3) is 0.400. The van der Waals surface area contributed by atoms with Crippen molar-refractivity contribution in [3.05, 3.63) is 36.9 Å². The zero-order valence-corrected chi connectivity index (χ0v) is 12.0. The van der Waals surface area contributed by atoms with Gasteiger partial charge in [0.15, 0.2) is 0 Å². The van der Waals surface area contributed by atoms with Gasteiger partial charge in [0.2, 0.25) is 5.91 Å². The predicted octanol–water partition coefficient (Wildman–Crippen LogP) is 1.72. The van der Waals surface area contributed by atoms with Crippen molar-refractivity contribution in [1.82, 2.24) is 14.8 Å². The Morgan fingerprint density at radius 1 is 1.48 bits per heavy atom. The highest BCUT2D eigenvalue weighted by Crippen LogP contribution is 2.38. The van der Waals surface area contributed by atoms with Crippen LogP contribution in [0.5, 0.6) is 0 Å². The minimum Gasteiger partial charge on any atom is -0.327 e. The Kier molecular flexibility index (Phi) is 3.47. The molecule has 2 unspecified atom stereocenters. The normalized spacial score (nSPS) is 25.0. The molecule has 0 saturated heterocycles. The molecule has 1 fully saturated rings. The zero-order valence-electron chi connectivity index (χ0n) is 12.0. The van der Waals surface area contributed by atoms with Gasteiger partial charge in [-0.05, 0) is 31.9 Å². The van der Waals surface area contributed by atoms with Crippen molar-refractivity contribution in [2.24, 2.45) is 11.1 Å². The van der Waals surface area contributed by atoms with E-state index in [1.165, 1.54) is 6.33 Å². The number of aromatic nitrogens is 3. The Bertz CT molecular complexity index is 639. The largest absolute Gasteiger partial charge is 0.327 e. The van der Waals surface area contributed by atoms with Crippen LogP contribution in [0.1, 0.15) is 26.2 Å². The lowest BCUT2D eigenvalue weighted by atomic mass is 9.84. The molecule has 0 bridgehead atoms. The van der Waals surface area contributed by atoms with Crippen molar-refractivity contribution in [3.63, 3.8) is 0 Å². The molecular weight excluding hydrogens is 266 g/mol. The van der Waals surface area contributed by atoms with Crippen LogP contribution >= 0.6 is 0 Å². The molecule has 2 aromatic rings. The number of nitrogens with one attached hydrogen (secondary N) is 1. The molecule has 1 heterocycles. The SMILES string of the molecule is CC1(C(=O)Nc2ccccc2-n2cncn2)CCCC1N. The van der Waals surface area contributed by atoms with Crippen LogP contribution in [0.2, 0.25) is 0 Å². The molecule has 1 aliphatic rings. The third-order valence-corrected chi connectivity index (χ3v) is 4.37. The Morgan fingerprint density at radius 3 is 2.95 bits per heavy atom. The molecule has 1 aromatic heterocycles. The molecule has 1 aliphatic carbocycles. The van der Waals surface area contributed by atoms with Crippen molar-refractivity contribution in [3.8, 4) is 5.69 Å². The van der Waals surface area contributed by atoms with E-state index in [0.717, 1.165) is 24.9 Å². The Balaban J connectivity index is 1.87. The number of amides is 1. The van der Waals surface area contributed by atoms with Gasteiger partial charge in [-0.15, -0.1) is 0 Å². The quantitative estimate of drug-likeness (QED) is 0.899. The van der Waals surface area contributed by atoms with Crippen molar-refractivity contribution in [2.75, 3.05) is 5.32 Å². The van der Waals surface area contributed by atoms with Crippen LogP contribution in [0.25, 0.3) is 5.69 Å². The van der Waals surface area contributed by atoms with Gasteiger partial charge >= 0.3 is 0 Å². The Hall–Kier alpha value is -2.21. The van der Waals surface area contributed by atoms with Gasteiger partial charge in [-0.1, -0.05) is 18.6 Å². The standard InChI is InChI=1S/C15H19N5O/c1-15(8-4-7-13(15)16)14(21)19-11-5-2-3-6-12(11)20-10-17-9-18-20/h2-3,5-6,9-10,13H,4,7-8,16H2,1H3,(H,19,21). The first kappa shape index (κ1) is 13.8. The first-order chi connectivity index (χ1) is 10.1. The molecule has 1 amide bonds. The van der Waals surface area contributed by atoms with E-state index in [2.05, 4.69) is 15.4 Å². The van der Waals surface area contributed by atoms with E-state index in [4.69, 9.17) is 5.73 Å². The van der Waals surface area contributed by atoms with Crippen molar-refractivity contribution >= 4 is 11.6 Å². The van der Waals surface area contributed by atoms with Crippen LogP contribution in [0.15, 0.2) is 36.9 Å². The van der Waals surface area contributed by atoms with Gasteiger partial charge in [0.1, 0.15) is 12.7 Å². The molecule has 0 aliphatic heterocycles. The summed E-state index contributed by atoms with van der Waals surface area (Å²) in [7, 11) is 0. The van der Waals surface area contributed by atoms with Crippen LogP contribution in [0.3, 0.4) is 0 Å². The molecule has 0 radical (unpaired) electrons. The summed E-state index contributed by atoms with van der Waals surface area (Å²) < 4.78 is 1.63. The second-order valence-electron chi connectivity index (χ2n) is 5.73. The number of nitrogens with two attached hydrogens (primary N) is 1. The fourth-order valence-corrected chi connectivity index (χ4v) is 2.85. The lowest BCUT2D eigenvalue weighted by Gasteiger charge is -2.27. The maximum Gasteiger partial charge on any atom is 0.231 e. The fourth-order valence-electron chi connectivity index (χ4n) is 2.85. The van der Waals surface area contributed by atoms with E-state index in [0.29, 0.717) is 5.69 Å². The zero-order chi connectivity index (χ0) is 14.9. The van der Waals surface area contributed by atoms with Crippen molar-refractivity contribution < 1.29 is 4.79 Å². The summed E-state index contributed by atoms with van der Waals surface area (Å²) in [5.74, 6) is -0.0277. The molecular formula is C15H19N5O. The Labute approximate surface area is 123 Å². The second-order valence-corrected chi connectivity index (χ2v) is 5.73. The van der Waals surface area contributed by atoms with Gasteiger partial charge in [0.05, 0.1) is 16.8 Å². The molecule has 21 heavy (non-hydrogen) atoms. The summed E-state index contributed by atoms with van der Waals surface area (Å²) in [4.78, 5) is 16.6. The third kappa shape index (κ3) is 2.42. The summed E-state index contributed by atoms with van der Waals surface area (Å²) in [5.41, 5.74) is 7.11. The highest BCUT2D eigenvalue weighted by atomic mass is 16.2. The van der Waals surface area contributed by atoms with Gasteiger partial charge in [0.25, 0.3) is 0 Å². The van der Waals surface area contributed by atoms with Gasteiger partial charge in [-0.25, -0.2) is 9.67 Å². The maximum absolute atomic E-state index is 12.6. The number of nitrogens with zero attached hydrogens (tertiary/aromatic N) is 3. The van der Waals surface area contributed by atoms with Crippen molar-refractivity contribution in [2.45, 2.75) is 32.2 Å². The molecule has 3 rings (SSSR count). The summed E-state index contributed by atoms with van der Waals surface area (Å²) in [6, 6.07) is 7.44. The van der Waals surface area contributed by atoms with Crippen molar-refractivity contribution in [1.29, 1.82) is 0 Å². The number of anilines is 1. The highest BCUT2D eigenvalue weighted by molar-refractivity contribution is 5.97. The third-order valence-electron chi connectivity index (χ3n) is 4.37. The first-order valence-corrected chi connectivity index (χ1v) is 7.12. The molecule has 3 N–H and O–H groups in total. The number of carbonyl (C=O) groups is 1. The number of para-hydroxylation sites is 2. The summed E-state index contributed by atoms with van der Waals surface area (Å²) in [5, 5.41) is 7.12. The van der Waals surface area contributed by atoms with E-state index < -0.39 is 5.41 Å². The van der Waals surface area contributed by atoms with E-state index >= 15 is 0 Å². The average molecular weight is 285 g/mol. The maximum atomic E-state index is 12.6. The summed E-state index contributed by atoms with van der Waals surface area (Å²) in [6.45, 7) is 1.94. The molecule has 0 spiro atoms. The van der Waals surface area contributed by atoms with Gasteiger partial charge in [0, 0.05) is 6.04 Å². The first-order valence-electron chi connectivity index (χ1n) is 7.12. The van der Waals surface area contributed by atoms with Gasteiger partial charge < -0.3 is 11.1 Å². The second kappa shape index (κ2) is 5.29. The summed E-state index contributed by atoms with van der Waals surface area (Å²) >= 11 is 0. The lowest BCUT2D eigenvalue weighted by Crippen LogP contribution is -2.44. The van der Waals surface area contributed by atoms with E-state index in [-0.39, 0.29) is 11.9 Å². The van der Waals surface area contributed by atoms with Crippen LogP contribution in [-0.4, -0.2) is 26.7 Å². The minimum atomic E-state index is -0.504. The Morgan fingerprint density at radius 2 is 2.29 bits per heavy atom. The number of rotatable bonds is 3.